The first-order chi connectivity index (χ1) is 9.67. The largest absolute Gasteiger partial charge is 0.312 e. The summed E-state index contributed by atoms with van der Waals surface area (Å²) in [5.41, 5.74) is 0. The standard InChI is InChI=1S/C18H25NS/c1-12-8-13(2)10-15(9-12)18(19-3)17-11-14-6-4-5-7-16(14)20-17/h4-7,11-13,15,18-19H,8-10H2,1-3H3. The zero-order valence-electron chi connectivity index (χ0n) is 12.7. The molecule has 0 bridgehead atoms. The smallest absolute Gasteiger partial charge is 0.0441 e. The van der Waals surface area contributed by atoms with Crippen LogP contribution in [0.2, 0.25) is 0 Å². The highest BCUT2D eigenvalue weighted by Gasteiger charge is 2.30. The molecule has 108 valence electrons. The number of fused-ring (bicyclic) bond motifs is 1. The van der Waals surface area contributed by atoms with E-state index in [-0.39, 0.29) is 0 Å². The first-order valence-electron chi connectivity index (χ1n) is 7.83. The Morgan fingerprint density at radius 2 is 1.80 bits per heavy atom. The Hall–Kier alpha value is -0.860. The van der Waals surface area contributed by atoms with E-state index in [0.717, 1.165) is 17.8 Å². The highest BCUT2D eigenvalue weighted by molar-refractivity contribution is 7.19. The van der Waals surface area contributed by atoms with Gasteiger partial charge in [0.05, 0.1) is 0 Å². The SMILES string of the molecule is CNC(c1cc2ccccc2s1)C1CC(C)CC(C)C1. The molecule has 3 rings (SSSR count). The number of hydrogen-bond donors (Lipinski definition) is 1. The van der Waals surface area contributed by atoms with E-state index in [1.54, 1.807) is 0 Å². The maximum absolute atomic E-state index is 3.60. The molecular formula is C18H25NS. The lowest BCUT2D eigenvalue weighted by Gasteiger charge is -2.36. The maximum Gasteiger partial charge on any atom is 0.0441 e. The Labute approximate surface area is 126 Å². The molecule has 0 aliphatic heterocycles. The van der Waals surface area contributed by atoms with Gasteiger partial charge in [-0.15, -0.1) is 11.3 Å². The van der Waals surface area contributed by atoms with Gasteiger partial charge in [0.25, 0.3) is 0 Å². The molecule has 20 heavy (non-hydrogen) atoms. The summed E-state index contributed by atoms with van der Waals surface area (Å²) < 4.78 is 1.42. The molecule has 1 aliphatic rings. The lowest BCUT2D eigenvalue weighted by Crippen LogP contribution is -2.30. The first-order valence-corrected chi connectivity index (χ1v) is 8.64. The predicted molar refractivity (Wildman–Crippen MR) is 89.3 cm³/mol. The predicted octanol–water partition coefficient (Wildman–Crippen LogP) is 5.23. The molecule has 1 aliphatic carbocycles. The summed E-state index contributed by atoms with van der Waals surface area (Å²) in [6, 6.07) is 11.7. The van der Waals surface area contributed by atoms with E-state index in [1.165, 1.54) is 34.2 Å². The van der Waals surface area contributed by atoms with Crippen LogP contribution in [0.1, 0.15) is 44.0 Å². The molecule has 1 saturated carbocycles. The highest BCUT2D eigenvalue weighted by Crippen LogP contribution is 2.42. The molecule has 2 aromatic rings. The zero-order valence-corrected chi connectivity index (χ0v) is 13.5. The first kappa shape index (κ1) is 14.1. The molecule has 0 amide bonds. The second-order valence-electron chi connectivity index (χ2n) is 6.63. The molecule has 1 nitrogen and oxygen atoms in total. The van der Waals surface area contributed by atoms with E-state index in [4.69, 9.17) is 0 Å². The lowest BCUT2D eigenvalue weighted by molar-refractivity contribution is 0.182. The van der Waals surface area contributed by atoms with Gasteiger partial charge in [-0.2, -0.15) is 0 Å². The lowest BCUT2D eigenvalue weighted by atomic mass is 9.73. The van der Waals surface area contributed by atoms with Crippen molar-refractivity contribution in [2.75, 3.05) is 7.05 Å². The molecule has 1 aromatic heterocycles. The number of nitrogens with one attached hydrogen (secondary N) is 1. The van der Waals surface area contributed by atoms with E-state index in [0.29, 0.717) is 6.04 Å². The molecule has 0 radical (unpaired) electrons. The van der Waals surface area contributed by atoms with Crippen molar-refractivity contribution in [3.05, 3.63) is 35.2 Å². The average molecular weight is 287 g/mol. The summed E-state index contributed by atoms with van der Waals surface area (Å²) in [7, 11) is 2.12. The van der Waals surface area contributed by atoms with Crippen LogP contribution in [-0.4, -0.2) is 7.05 Å². The third kappa shape index (κ3) is 2.77. The second-order valence-corrected chi connectivity index (χ2v) is 7.75. The zero-order chi connectivity index (χ0) is 14.1. The fraction of sp³-hybridized carbons (Fsp3) is 0.556. The van der Waals surface area contributed by atoms with Crippen LogP contribution in [0, 0.1) is 17.8 Å². The quantitative estimate of drug-likeness (QED) is 0.814. The average Bonchev–Trinajstić information content (AvgIpc) is 2.81. The van der Waals surface area contributed by atoms with Crippen LogP contribution in [0.5, 0.6) is 0 Å². The molecule has 0 spiro atoms. The molecule has 3 atom stereocenters. The van der Waals surface area contributed by atoms with Crippen molar-refractivity contribution in [3.8, 4) is 0 Å². The van der Waals surface area contributed by atoms with Gasteiger partial charge in [-0.3, -0.25) is 0 Å². The van der Waals surface area contributed by atoms with E-state index in [1.807, 2.05) is 11.3 Å². The van der Waals surface area contributed by atoms with Crippen molar-refractivity contribution in [1.29, 1.82) is 0 Å². The Morgan fingerprint density at radius 3 is 2.45 bits per heavy atom. The Balaban J connectivity index is 1.88. The van der Waals surface area contributed by atoms with Crippen molar-refractivity contribution >= 4 is 21.4 Å². The van der Waals surface area contributed by atoms with Gasteiger partial charge in [0.2, 0.25) is 0 Å². The molecule has 1 fully saturated rings. The summed E-state index contributed by atoms with van der Waals surface area (Å²) in [4.78, 5) is 1.51. The van der Waals surface area contributed by atoms with Crippen LogP contribution in [0.25, 0.3) is 10.1 Å². The van der Waals surface area contributed by atoms with Crippen LogP contribution in [0.15, 0.2) is 30.3 Å². The van der Waals surface area contributed by atoms with E-state index < -0.39 is 0 Å². The van der Waals surface area contributed by atoms with E-state index in [9.17, 15) is 0 Å². The minimum absolute atomic E-state index is 0.526. The summed E-state index contributed by atoms with van der Waals surface area (Å²) >= 11 is 1.96. The molecule has 2 heteroatoms. The normalized spacial score (nSPS) is 28.6. The molecule has 3 unspecified atom stereocenters. The molecule has 1 heterocycles. The molecule has 0 saturated heterocycles. The van der Waals surface area contributed by atoms with Gasteiger partial charge in [-0.1, -0.05) is 32.0 Å². The van der Waals surface area contributed by atoms with Gasteiger partial charge < -0.3 is 5.32 Å². The van der Waals surface area contributed by atoms with E-state index in [2.05, 4.69) is 56.5 Å². The monoisotopic (exact) mass is 287 g/mol. The summed E-state index contributed by atoms with van der Waals surface area (Å²) in [5.74, 6) is 2.52. The van der Waals surface area contributed by atoms with Crippen molar-refractivity contribution in [2.45, 2.75) is 39.2 Å². The van der Waals surface area contributed by atoms with Crippen LogP contribution in [0.4, 0.5) is 0 Å². The summed E-state index contributed by atoms with van der Waals surface area (Å²) in [6.07, 6.45) is 4.13. The van der Waals surface area contributed by atoms with Gasteiger partial charge in [-0.05, 0) is 61.6 Å². The van der Waals surface area contributed by atoms with Gasteiger partial charge in [-0.25, -0.2) is 0 Å². The minimum atomic E-state index is 0.526. The van der Waals surface area contributed by atoms with Crippen molar-refractivity contribution in [1.82, 2.24) is 5.32 Å². The fourth-order valence-corrected chi connectivity index (χ4v) is 5.32. The van der Waals surface area contributed by atoms with Crippen molar-refractivity contribution in [2.24, 2.45) is 17.8 Å². The number of hydrogen-bond acceptors (Lipinski definition) is 2. The molecule has 1 aromatic carbocycles. The number of rotatable bonds is 3. The Bertz CT molecular complexity index is 531. The van der Waals surface area contributed by atoms with Crippen LogP contribution in [0.3, 0.4) is 0 Å². The highest BCUT2D eigenvalue weighted by atomic mass is 32.1. The van der Waals surface area contributed by atoms with Gasteiger partial charge in [0, 0.05) is 15.6 Å². The van der Waals surface area contributed by atoms with Crippen molar-refractivity contribution in [3.63, 3.8) is 0 Å². The van der Waals surface area contributed by atoms with Crippen molar-refractivity contribution < 1.29 is 0 Å². The topological polar surface area (TPSA) is 12.0 Å². The minimum Gasteiger partial charge on any atom is -0.312 e. The van der Waals surface area contributed by atoms with Crippen LogP contribution in [-0.2, 0) is 0 Å². The van der Waals surface area contributed by atoms with Crippen LogP contribution >= 0.6 is 11.3 Å². The summed E-state index contributed by atoms with van der Waals surface area (Å²) in [5, 5.41) is 4.99. The second kappa shape index (κ2) is 5.87. The molecular weight excluding hydrogens is 262 g/mol. The third-order valence-corrected chi connectivity index (χ3v) is 5.95. The Morgan fingerprint density at radius 1 is 1.10 bits per heavy atom. The van der Waals surface area contributed by atoms with Gasteiger partial charge >= 0.3 is 0 Å². The third-order valence-electron chi connectivity index (χ3n) is 4.75. The van der Waals surface area contributed by atoms with Crippen LogP contribution < -0.4 is 5.32 Å². The molecule has 1 N–H and O–H groups in total. The number of benzene rings is 1. The maximum atomic E-state index is 3.60. The van der Waals surface area contributed by atoms with Gasteiger partial charge in [0.1, 0.15) is 0 Å². The number of thiophene rings is 1. The Kier molecular flexibility index (Phi) is 4.13. The fourth-order valence-electron chi connectivity index (χ4n) is 4.05. The summed E-state index contributed by atoms with van der Waals surface area (Å²) in [6.45, 7) is 4.83. The van der Waals surface area contributed by atoms with Gasteiger partial charge in [0.15, 0.2) is 0 Å². The van der Waals surface area contributed by atoms with E-state index >= 15 is 0 Å².